The highest BCUT2D eigenvalue weighted by atomic mass is 16.5. The summed E-state index contributed by atoms with van der Waals surface area (Å²) < 4.78 is 10.7. The van der Waals surface area contributed by atoms with Crippen LogP contribution in [0.5, 0.6) is 0 Å². The third-order valence-corrected chi connectivity index (χ3v) is 2.53. The van der Waals surface area contributed by atoms with Gasteiger partial charge >= 0.3 is 0 Å². The molecule has 0 amide bonds. The van der Waals surface area contributed by atoms with E-state index in [0.717, 1.165) is 18.8 Å². The molecular formula is C15H26N2O2. The molecule has 0 radical (unpaired) electrons. The van der Waals surface area contributed by atoms with Crippen LogP contribution < -0.4 is 5.32 Å². The van der Waals surface area contributed by atoms with E-state index in [1.54, 1.807) is 0 Å². The van der Waals surface area contributed by atoms with Crippen LogP contribution in [-0.2, 0) is 22.6 Å². The zero-order valence-corrected chi connectivity index (χ0v) is 12.5. The molecule has 1 N–H and O–H groups in total. The average molecular weight is 266 g/mol. The minimum absolute atomic E-state index is 0.126. The van der Waals surface area contributed by atoms with Crippen LogP contribution in [0.3, 0.4) is 0 Å². The SMILES string of the molecule is CCOCCOCc1ccc(CNC(C)(C)C)cn1. The molecule has 108 valence electrons. The summed E-state index contributed by atoms with van der Waals surface area (Å²) in [5.74, 6) is 0. The summed E-state index contributed by atoms with van der Waals surface area (Å²) in [6, 6.07) is 4.10. The maximum Gasteiger partial charge on any atom is 0.0889 e. The molecule has 4 nitrogen and oxygen atoms in total. The van der Waals surface area contributed by atoms with Gasteiger partial charge in [0.25, 0.3) is 0 Å². The lowest BCUT2D eigenvalue weighted by molar-refractivity contribution is 0.0441. The molecule has 1 heterocycles. The van der Waals surface area contributed by atoms with Gasteiger partial charge in [-0.15, -0.1) is 0 Å². The predicted octanol–water partition coefficient (Wildman–Crippen LogP) is 2.52. The number of hydrogen-bond donors (Lipinski definition) is 1. The van der Waals surface area contributed by atoms with Crippen LogP contribution in [0.25, 0.3) is 0 Å². The number of pyridine rings is 1. The summed E-state index contributed by atoms with van der Waals surface area (Å²) >= 11 is 0. The molecule has 0 aliphatic rings. The first-order valence-electron chi connectivity index (χ1n) is 6.85. The van der Waals surface area contributed by atoms with Gasteiger partial charge in [0.1, 0.15) is 0 Å². The second-order valence-corrected chi connectivity index (χ2v) is 5.51. The first-order chi connectivity index (χ1) is 9.01. The Morgan fingerprint density at radius 1 is 1.16 bits per heavy atom. The molecule has 0 spiro atoms. The van der Waals surface area contributed by atoms with Crippen LogP contribution in [0.4, 0.5) is 0 Å². The Morgan fingerprint density at radius 2 is 1.89 bits per heavy atom. The summed E-state index contributed by atoms with van der Waals surface area (Å²) in [5.41, 5.74) is 2.27. The second kappa shape index (κ2) is 8.25. The number of nitrogens with zero attached hydrogens (tertiary/aromatic N) is 1. The van der Waals surface area contributed by atoms with Crippen molar-refractivity contribution in [1.82, 2.24) is 10.3 Å². The summed E-state index contributed by atoms with van der Waals surface area (Å²) in [6.45, 7) is 11.8. The molecule has 0 aliphatic heterocycles. The Balaban J connectivity index is 2.27. The summed E-state index contributed by atoms with van der Waals surface area (Å²) in [6.07, 6.45) is 1.90. The molecule has 19 heavy (non-hydrogen) atoms. The van der Waals surface area contributed by atoms with E-state index >= 15 is 0 Å². The summed E-state index contributed by atoms with van der Waals surface area (Å²) in [5, 5.41) is 3.44. The Morgan fingerprint density at radius 3 is 2.47 bits per heavy atom. The largest absolute Gasteiger partial charge is 0.379 e. The van der Waals surface area contributed by atoms with Gasteiger partial charge in [0.15, 0.2) is 0 Å². The molecule has 0 saturated heterocycles. The lowest BCUT2D eigenvalue weighted by atomic mass is 10.1. The zero-order valence-electron chi connectivity index (χ0n) is 12.5. The van der Waals surface area contributed by atoms with Crippen molar-refractivity contribution in [2.45, 2.75) is 46.4 Å². The number of rotatable bonds is 8. The van der Waals surface area contributed by atoms with Crippen LogP contribution in [0.2, 0.25) is 0 Å². The van der Waals surface area contributed by atoms with Crippen LogP contribution in [0.15, 0.2) is 18.3 Å². The van der Waals surface area contributed by atoms with E-state index in [-0.39, 0.29) is 5.54 Å². The van der Waals surface area contributed by atoms with Gasteiger partial charge in [0.05, 0.1) is 25.5 Å². The maximum absolute atomic E-state index is 5.47. The van der Waals surface area contributed by atoms with Crippen LogP contribution in [0.1, 0.15) is 39.0 Å². The lowest BCUT2D eigenvalue weighted by Gasteiger charge is -2.20. The molecule has 1 aromatic rings. The zero-order chi connectivity index (χ0) is 14.1. The number of aromatic nitrogens is 1. The van der Waals surface area contributed by atoms with Crippen molar-refractivity contribution in [3.05, 3.63) is 29.6 Å². The average Bonchev–Trinajstić information content (AvgIpc) is 2.37. The lowest BCUT2D eigenvalue weighted by Crippen LogP contribution is -2.35. The smallest absolute Gasteiger partial charge is 0.0889 e. The van der Waals surface area contributed by atoms with Crippen LogP contribution >= 0.6 is 0 Å². The molecule has 4 heteroatoms. The standard InChI is InChI=1S/C15H26N2O2/c1-5-18-8-9-19-12-14-7-6-13(10-16-14)11-17-15(2,3)4/h6-7,10,17H,5,8-9,11-12H2,1-4H3. The van der Waals surface area contributed by atoms with Crippen molar-refractivity contribution in [3.63, 3.8) is 0 Å². The molecule has 1 aromatic heterocycles. The van der Waals surface area contributed by atoms with E-state index in [0.29, 0.717) is 19.8 Å². The fourth-order valence-electron chi connectivity index (χ4n) is 1.45. The van der Waals surface area contributed by atoms with E-state index < -0.39 is 0 Å². The monoisotopic (exact) mass is 266 g/mol. The molecule has 0 fully saturated rings. The van der Waals surface area contributed by atoms with Crippen molar-refractivity contribution in [3.8, 4) is 0 Å². The quantitative estimate of drug-likeness (QED) is 0.734. The minimum atomic E-state index is 0.126. The Hall–Kier alpha value is -0.970. The Bertz CT molecular complexity index is 344. The van der Waals surface area contributed by atoms with E-state index in [1.165, 1.54) is 5.56 Å². The predicted molar refractivity (Wildman–Crippen MR) is 77.0 cm³/mol. The fraction of sp³-hybridized carbons (Fsp3) is 0.667. The molecule has 0 aliphatic carbocycles. The molecular weight excluding hydrogens is 240 g/mol. The van der Waals surface area contributed by atoms with Gasteiger partial charge in [-0.3, -0.25) is 4.98 Å². The van der Waals surface area contributed by atoms with Crippen molar-refractivity contribution >= 4 is 0 Å². The second-order valence-electron chi connectivity index (χ2n) is 5.51. The molecule has 0 bridgehead atoms. The molecule has 0 aromatic carbocycles. The Kier molecular flexibility index (Phi) is 6.99. The van der Waals surface area contributed by atoms with Gasteiger partial charge < -0.3 is 14.8 Å². The number of hydrogen-bond acceptors (Lipinski definition) is 4. The first kappa shape index (κ1) is 16.1. The van der Waals surface area contributed by atoms with Crippen molar-refractivity contribution < 1.29 is 9.47 Å². The third-order valence-electron chi connectivity index (χ3n) is 2.53. The first-order valence-corrected chi connectivity index (χ1v) is 6.85. The third kappa shape index (κ3) is 7.93. The number of nitrogens with one attached hydrogen (secondary N) is 1. The van der Waals surface area contributed by atoms with Crippen LogP contribution in [0, 0.1) is 0 Å². The maximum atomic E-state index is 5.47. The van der Waals surface area contributed by atoms with Gasteiger partial charge in [0.2, 0.25) is 0 Å². The van der Waals surface area contributed by atoms with Gasteiger partial charge in [0, 0.05) is 24.9 Å². The van der Waals surface area contributed by atoms with Gasteiger partial charge in [-0.05, 0) is 39.3 Å². The van der Waals surface area contributed by atoms with Crippen molar-refractivity contribution in [2.75, 3.05) is 19.8 Å². The van der Waals surface area contributed by atoms with Crippen molar-refractivity contribution in [1.29, 1.82) is 0 Å². The van der Waals surface area contributed by atoms with Crippen LogP contribution in [-0.4, -0.2) is 30.3 Å². The molecule has 1 rings (SSSR count). The molecule has 0 atom stereocenters. The summed E-state index contributed by atoms with van der Waals surface area (Å²) in [7, 11) is 0. The molecule has 0 saturated carbocycles. The van der Waals surface area contributed by atoms with Crippen molar-refractivity contribution in [2.24, 2.45) is 0 Å². The highest BCUT2D eigenvalue weighted by Crippen LogP contribution is 2.05. The van der Waals surface area contributed by atoms with Gasteiger partial charge in [-0.2, -0.15) is 0 Å². The highest BCUT2D eigenvalue weighted by Gasteiger charge is 2.08. The normalized spacial score (nSPS) is 11.8. The number of ether oxygens (including phenoxy) is 2. The van der Waals surface area contributed by atoms with Gasteiger partial charge in [-0.25, -0.2) is 0 Å². The fourth-order valence-corrected chi connectivity index (χ4v) is 1.45. The molecule has 0 unspecified atom stereocenters. The van der Waals surface area contributed by atoms with E-state index in [4.69, 9.17) is 9.47 Å². The minimum Gasteiger partial charge on any atom is -0.379 e. The van der Waals surface area contributed by atoms with E-state index in [1.807, 2.05) is 19.2 Å². The summed E-state index contributed by atoms with van der Waals surface area (Å²) in [4.78, 5) is 4.39. The topological polar surface area (TPSA) is 43.4 Å². The van der Waals surface area contributed by atoms with E-state index in [2.05, 4.69) is 37.1 Å². The Labute approximate surface area is 116 Å². The highest BCUT2D eigenvalue weighted by molar-refractivity contribution is 5.13. The van der Waals surface area contributed by atoms with Gasteiger partial charge in [-0.1, -0.05) is 6.07 Å². The van der Waals surface area contributed by atoms with E-state index in [9.17, 15) is 0 Å².